The predicted octanol–water partition coefficient (Wildman–Crippen LogP) is 5.44. The van der Waals surface area contributed by atoms with Crippen LogP contribution >= 0.6 is 0 Å². The molecule has 0 aliphatic heterocycles. The third kappa shape index (κ3) is 11.7. The van der Waals surface area contributed by atoms with Crippen molar-refractivity contribution in [1.82, 2.24) is 0 Å². The lowest BCUT2D eigenvalue weighted by atomic mass is 9.82. The van der Waals surface area contributed by atoms with Crippen LogP contribution in [0.5, 0.6) is 0 Å². The highest BCUT2D eigenvalue weighted by Crippen LogP contribution is 2.29. The lowest BCUT2D eigenvalue weighted by Gasteiger charge is -2.24. The van der Waals surface area contributed by atoms with Gasteiger partial charge in [-0.15, -0.1) is 6.58 Å². The third-order valence-corrected chi connectivity index (χ3v) is 2.34. The summed E-state index contributed by atoms with van der Waals surface area (Å²) in [5, 5.41) is 0. The van der Waals surface area contributed by atoms with Gasteiger partial charge in [0.2, 0.25) is 0 Å². The van der Waals surface area contributed by atoms with Gasteiger partial charge in [0.05, 0.1) is 0 Å². The van der Waals surface area contributed by atoms with E-state index < -0.39 is 0 Å². The Kier molecular flexibility index (Phi) is 20.3. The van der Waals surface area contributed by atoms with Gasteiger partial charge in [0.25, 0.3) is 0 Å². The maximum atomic E-state index is 3.74. The highest BCUT2D eigenvalue weighted by molar-refractivity contribution is 4.80. The molecule has 0 bridgehead atoms. The van der Waals surface area contributed by atoms with Gasteiger partial charge in [-0.05, 0) is 11.8 Å². The molecule has 0 nitrogen and oxygen atoms in total. The fourth-order valence-electron chi connectivity index (χ4n) is 0.887. The van der Waals surface area contributed by atoms with Crippen molar-refractivity contribution in [2.75, 3.05) is 0 Å². The molecule has 0 N–H and O–H groups in total. The number of hydrogen-bond donors (Lipinski definition) is 0. The van der Waals surface area contributed by atoms with Gasteiger partial charge in [-0.2, -0.15) is 0 Å². The Morgan fingerprint density at radius 2 is 1.31 bits per heavy atom. The minimum Gasteiger partial charge on any atom is -0.103 e. The van der Waals surface area contributed by atoms with Crippen LogP contribution < -0.4 is 0 Å². The first-order chi connectivity index (χ1) is 6.18. The molecule has 0 aromatic rings. The van der Waals surface area contributed by atoms with Crippen molar-refractivity contribution in [2.45, 2.75) is 67.7 Å². The monoisotopic (exact) mass is 186 g/mol. The Bertz CT molecular complexity index is 78.0. The molecule has 0 heteroatoms. The van der Waals surface area contributed by atoms with E-state index in [0.717, 1.165) is 6.42 Å². The normalized spacial score (nSPS) is 8.85. The summed E-state index contributed by atoms with van der Waals surface area (Å²) in [6.45, 7) is 18.5. The van der Waals surface area contributed by atoms with Crippen molar-refractivity contribution in [3.8, 4) is 0 Å². The fourth-order valence-corrected chi connectivity index (χ4v) is 0.887. The maximum absolute atomic E-state index is 3.74. The van der Waals surface area contributed by atoms with Crippen molar-refractivity contribution in [3.63, 3.8) is 0 Å². The van der Waals surface area contributed by atoms with Crippen LogP contribution in [0, 0.1) is 5.41 Å². The van der Waals surface area contributed by atoms with Crippen LogP contribution in [0.1, 0.15) is 67.7 Å². The van der Waals surface area contributed by atoms with Crippen molar-refractivity contribution >= 4 is 0 Å². The van der Waals surface area contributed by atoms with E-state index in [1.807, 2.05) is 33.8 Å². The zero-order valence-corrected chi connectivity index (χ0v) is 10.9. The van der Waals surface area contributed by atoms with E-state index >= 15 is 0 Å². The first-order valence-electron chi connectivity index (χ1n) is 5.79. The van der Waals surface area contributed by atoms with Crippen LogP contribution in [0.4, 0.5) is 0 Å². The predicted molar refractivity (Wildman–Crippen MR) is 66.2 cm³/mol. The van der Waals surface area contributed by atoms with Crippen molar-refractivity contribution in [3.05, 3.63) is 12.7 Å². The molecule has 0 amide bonds. The molecule has 0 aromatic carbocycles. The zero-order chi connectivity index (χ0) is 11.3. The van der Waals surface area contributed by atoms with E-state index in [1.54, 1.807) is 0 Å². The van der Waals surface area contributed by atoms with Crippen LogP contribution in [0.15, 0.2) is 12.7 Å². The zero-order valence-electron chi connectivity index (χ0n) is 10.9. The van der Waals surface area contributed by atoms with Crippen molar-refractivity contribution < 1.29 is 0 Å². The third-order valence-electron chi connectivity index (χ3n) is 2.34. The van der Waals surface area contributed by atoms with E-state index in [4.69, 9.17) is 0 Å². The summed E-state index contributed by atoms with van der Waals surface area (Å²) in [7, 11) is 0. The summed E-state index contributed by atoms with van der Waals surface area (Å²) in [6, 6.07) is 0. The van der Waals surface area contributed by atoms with Crippen LogP contribution in [0.3, 0.4) is 0 Å². The standard InChI is InChI=1S/C9H18.2C2H6/c1-5-8-9(4,6-2)7-3;2*1-2/h5H,1,6-8H2,2-4H3;2*1-2H3. The topological polar surface area (TPSA) is 0 Å². The van der Waals surface area contributed by atoms with E-state index in [0.29, 0.717) is 5.41 Å². The molecule has 0 aliphatic rings. The summed E-state index contributed by atoms with van der Waals surface area (Å²) in [5.41, 5.74) is 0.516. The quantitative estimate of drug-likeness (QED) is 0.513. The van der Waals surface area contributed by atoms with E-state index in [2.05, 4.69) is 27.4 Å². The van der Waals surface area contributed by atoms with Crippen LogP contribution in [-0.4, -0.2) is 0 Å². The number of rotatable bonds is 4. The molecule has 0 aromatic heterocycles. The molecule has 0 fully saturated rings. The Morgan fingerprint density at radius 1 is 1.00 bits per heavy atom. The summed E-state index contributed by atoms with van der Waals surface area (Å²) in [4.78, 5) is 0. The van der Waals surface area contributed by atoms with Gasteiger partial charge in [-0.1, -0.05) is 67.4 Å². The highest BCUT2D eigenvalue weighted by atomic mass is 14.2. The molecule has 0 radical (unpaired) electrons. The molecule has 0 rings (SSSR count). The van der Waals surface area contributed by atoms with E-state index in [1.165, 1.54) is 12.8 Å². The number of hydrogen-bond acceptors (Lipinski definition) is 0. The molecule has 0 saturated heterocycles. The second-order valence-electron chi connectivity index (χ2n) is 3.01. The largest absolute Gasteiger partial charge is 0.103 e. The fraction of sp³-hybridized carbons (Fsp3) is 0.846. The van der Waals surface area contributed by atoms with Crippen molar-refractivity contribution in [1.29, 1.82) is 0 Å². The number of allylic oxidation sites excluding steroid dienone is 1. The van der Waals surface area contributed by atoms with E-state index in [-0.39, 0.29) is 0 Å². The smallest absolute Gasteiger partial charge is 0.0297 e. The minimum absolute atomic E-state index is 0.516. The van der Waals surface area contributed by atoms with Gasteiger partial charge in [-0.3, -0.25) is 0 Å². The first-order valence-corrected chi connectivity index (χ1v) is 5.79. The van der Waals surface area contributed by atoms with Gasteiger partial charge in [0.1, 0.15) is 0 Å². The van der Waals surface area contributed by atoms with Crippen molar-refractivity contribution in [2.24, 2.45) is 5.41 Å². The molecule has 0 aliphatic carbocycles. The first kappa shape index (κ1) is 18.5. The molecule has 82 valence electrons. The van der Waals surface area contributed by atoms with Gasteiger partial charge in [-0.25, -0.2) is 0 Å². The van der Waals surface area contributed by atoms with Crippen LogP contribution in [0.25, 0.3) is 0 Å². The Labute approximate surface area is 86.4 Å². The van der Waals surface area contributed by atoms with Gasteiger partial charge < -0.3 is 0 Å². The lowest BCUT2D eigenvalue weighted by molar-refractivity contribution is 0.302. The van der Waals surface area contributed by atoms with Crippen LogP contribution in [0.2, 0.25) is 0 Å². The van der Waals surface area contributed by atoms with E-state index in [9.17, 15) is 0 Å². The molecule has 0 heterocycles. The summed E-state index contributed by atoms with van der Waals surface area (Å²) < 4.78 is 0. The maximum Gasteiger partial charge on any atom is -0.0297 e. The molecule has 13 heavy (non-hydrogen) atoms. The highest BCUT2D eigenvalue weighted by Gasteiger charge is 2.16. The molecule has 0 spiro atoms. The SMILES string of the molecule is C=CCC(C)(CC)CC.CC.CC. The second-order valence-corrected chi connectivity index (χ2v) is 3.01. The summed E-state index contributed by atoms with van der Waals surface area (Å²) in [5.74, 6) is 0. The summed E-state index contributed by atoms with van der Waals surface area (Å²) in [6.07, 6.45) is 5.69. The minimum atomic E-state index is 0.516. The van der Waals surface area contributed by atoms with Gasteiger partial charge in [0.15, 0.2) is 0 Å². The van der Waals surface area contributed by atoms with Crippen LogP contribution in [-0.2, 0) is 0 Å². The molecular formula is C13H30. The molecule has 0 unspecified atom stereocenters. The Hall–Kier alpha value is -0.260. The molecule has 0 atom stereocenters. The Morgan fingerprint density at radius 3 is 1.38 bits per heavy atom. The molecule has 0 saturated carbocycles. The Balaban J connectivity index is -0.000000218. The lowest BCUT2D eigenvalue weighted by Crippen LogP contribution is -2.11. The second kappa shape index (κ2) is 14.3. The average molecular weight is 186 g/mol. The summed E-state index contributed by atoms with van der Waals surface area (Å²) >= 11 is 0. The average Bonchev–Trinajstić information content (AvgIpc) is 2.24. The van der Waals surface area contributed by atoms with Gasteiger partial charge >= 0.3 is 0 Å². The molecular weight excluding hydrogens is 156 g/mol. The van der Waals surface area contributed by atoms with Gasteiger partial charge in [0, 0.05) is 0 Å².